The van der Waals surface area contributed by atoms with Crippen molar-refractivity contribution in [2.24, 2.45) is 0 Å². The Balaban J connectivity index is 1.59. The molecule has 2 atom stereocenters. The Morgan fingerprint density at radius 2 is 1.84 bits per heavy atom. The van der Waals surface area contributed by atoms with Gasteiger partial charge in [0.25, 0.3) is 5.91 Å². The lowest BCUT2D eigenvalue weighted by molar-refractivity contribution is -0.139. The third-order valence-electron chi connectivity index (χ3n) is 5.34. The van der Waals surface area contributed by atoms with Crippen LogP contribution in [0, 0.1) is 5.82 Å². The predicted octanol–water partition coefficient (Wildman–Crippen LogP) is 3.94. The molecule has 0 unspecified atom stereocenters. The molecule has 2 amide bonds. The second-order valence-electron chi connectivity index (χ2n) is 7.91. The molecular formula is C23H27ClFN3O3. The van der Waals surface area contributed by atoms with Crippen molar-refractivity contribution < 1.29 is 18.7 Å². The lowest BCUT2D eigenvalue weighted by atomic mass is 10.1. The van der Waals surface area contributed by atoms with Crippen LogP contribution in [0.1, 0.15) is 26.3 Å². The summed E-state index contributed by atoms with van der Waals surface area (Å²) >= 11 is 5.99. The molecule has 0 radical (unpaired) electrons. The molecule has 2 aromatic rings. The molecule has 3 rings (SSSR count). The minimum absolute atomic E-state index is 0.00720. The van der Waals surface area contributed by atoms with E-state index in [1.807, 2.05) is 11.8 Å². The molecule has 0 saturated carbocycles. The van der Waals surface area contributed by atoms with Gasteiger partial charge in [-0.3, -0.25) is 14.5 Å². The Labute approximate surface area is 186 Å². The first-order valence-corrected chi connectivity index (χ1v) is 10.6. The van der Waals surface area contributed by atoms with Crippen molar-refractivity contribution in [1.82, 2.24) is 9.80 Å². The Bertz CT molecular complexity index is 938. The summed E-state index contributed by atoms with van der Waals surface area (Å²) in [4.78, 5) is 28.4. The first-order valence-electron chi connectivity index (χ1n) is 10.2. The molecule has 1 fully saturated rings. The third-order valence-corrected chi connectivity index (χ3v) is 5.57. The second-order valence-corrected chi connectivity index (χ2v) is 8.35. The van der Waals surface area contributed by atoms with Gasteiger partial charge in [-0.15, -0.1) is 0 Å². The molecule has 2 aromatic carbocycles. The standard InChI is InChI=1S/C23H27ClFN3O3/c1-15-12-28(16(2)11-27(15)13-18-4-7-20(25)8-5-18)23(30)14-31-22-9-6-19(24)10-21(22)26-17(3)29/h4-10,15-16H,11-14H2,1-3H3,(H,26,29)/t15-,16+/m0/s1. The van der Waals surface area contributed by atoms with E-state index in [4.69, 9.17) is 16.3 Å². The molecule has 1 aliphatic rings. The van der Waals surface area contributed by atoms with Crippen molar-refractivity contribution >= 4 is 29.1 Å². The van der Waals surface area contributed by atoms with Gasteiger partial charge >= 0.3 is 0 Å². The average molecular weight is 448 g/mol. The minimum Gasteiger partial charge on any atom is -0.482 e. The molecule has 0 spiro atoms. The lowest BCUT2D eigenvalue weighted by Gasteiger charge is -2.44. The van der Waals surface area contributed by atoms with Gasteiger partial charge in [0, 0.05) is 43.7 Å². The fourth-order valence-corrected chi connectivity index (χ4v) is 3.90. The average Bonchev–Trinajstić information content (AvgIpc) is 2.71. The Kier molecular flexibility index (Phi) is 7.51. The molecule has 0 aromatic heterocycles. The van der Waals surface area contributed by atoms with E-state index in [9.17, 15) is 14.0 Å². The van der Waals surface area contributed by atoms with Gasteiger partial charge in [-0.25, -0.2) is 4.39 Å². The number of ether oxygens (including phenoxy) is 1. The number of piperazine rings is 1. The third kappa shape index (κ3) is 6.18. The lowest BCUT2D eigenvalue weighted by Crippen LogP contribution is -2.58. The molecule has 0 aliphatic carbocycles. The predicted molar refractivity (Wildman–Crippen MR) is 119 cm³/mol. The highest BCUT2D eigenvalue weighted by molar-refractivity contribution is 6.31. The summed E-state index contributed by atoms with van der Waals surface area (Å²) in [6, 6.07) is 11.5. The van der Waals surface area contributed by atoms with Crippen LogP contribution in [-0.2, 0) is 16.1 Å². The van der Waals surface area contributed by atoms with E-state index in [-0.39, 0.29) is 36.3 Å². The number of carbonyl (C=O) groups is 2. The van der Waals surface area contributed by atoms with Gasteiger partial charge in [-0.1, -0.05) is 23.7 Å². The number of nitrogens with one attached hydrogen (secondary N) is 1. The molecule has 1 saturated heterocycles. The molecule has 6 nitrogen and oxygen atoms in total. The molecule has 1 N–H and O–H groups in total. The number of halogens is 2. The summed E-state index contributed by atoms with van der Waals surface area (Å²) in [5.74, 6) is -0.228. The van der Waals surface area contributed by atoms with Gasteiger partial charge < -0.3 is 15.0 Å². The SMILES string of the molecule is CC(=O)Nc1cc(Cl)ccc1OCC(=O)N1C[C@H](C)N(Cc2ccc(F)cc2)C[C@H]1C. The number of benzene rings is 2. The number of hydrogen-bond acceptors (Lipinski definition) is 4. The van der Waals surface area contributed by atoms with Crippen molar-refractivity contribution in [1.29, 1.82) is 0 Å². The van der Waals surface area contributed by atoms with Crippen LogP contribution in [0.4, 0.5) is 10.1 Å². The van der Waals surface area contributed by atoms with Crippen molar-refractivity contribution in [2.45, 2.75) is 39.4 Å². The summed E-state index contributed by atoms with van der Waals surface area (Å²) in [6.07, 6.45) is 0. The zero-order valence-electron chi connectivity index (χ0n) is 17.9. The fraction of sp³-hybridized carbons (Fsp3) is 0.391. The van der Waals surface area contributed by atoms with E-state index in [1.54, 1.807) is 30.3 Å². The van der Waals surface area contributed by atoms with Gasteiger partial charge in [0.05, 0.1) is 5.69 Å². The van der Waals surface area contributed by atoms with Crippen LogP contribution in [0.25, 0.3) is 0 Å². The number of hydrogen-bond donors (Lipinski definition) is 1. The summed E-state index contributed by atoms with van der Waals surface area (Å²) in [5, 5.41) is 3.12. The van der Waals surface area contributed by atoms with Crippen molar-refractivity contribution in [3.05, 3.63) is 58.9 Å². The number of amides is 2. The second kappa shape index (κ2) is 10.1. The van der Waals surface area contributed by atoms with Crippen molar-refractivity contribution in [2.75, 3.05) is 25.0 Å². The van der Waals surface area contributed by atoms with Gasteiger partial charge in [-0.05, 0) is 49.7 Å². The van der Waals surface area contributed by atoms with Crippen LogP contribution >= 0.6 is 11.6 Å². The topological polar surface area (TPSA) is 61.9 Å². The molecule has 8 heteroatoms. The van der Waals surface area contributed by atoms with Crippen LogP contribution in [0.15, 0.2) is 42.5 Å². The first-order chi connectivity index (χ1) is 14.7. The van der Waals surface area contributed by atoms with Gasteiger partial charge in [0.15, 0.2) is 6.61 Å². The molecular weight excluding hydrogens is 421 g/mol. The fourth-order valence-electron chi connectivity index (χ4n) is 3.73. The number of anilines is 1. The first kappa shape index (κ1) is 23.0. The van der Waals surface area contributed by atoms with Crippen LogP contribution in [0.2, 0.25) is 5.02 Å². The summed E-state index contributed by atoms with van der Waals surface area (Å²) in [5.41, 5.74) is 1.47. The van der Waals surface area contributed by atoms with E-state index in [0.717, 1.165) is 5.56 Å². The van der Waals surface area contributed by atoms with Gasteiger partial charge in [0.1, 0.15) is 11.6 Å². The highest BCUT2D eigenvalue weighted by Gasteiger charge is 2.32. The molecule has 166 valence electrons. The highest BCUT2D eigenvalue weighted by atomic mass is 35.5. The largest absolute Gasteiger partial charge is 0.482 e. The number of rotatable bonds is 6. The van der Waals surface area contributed by atoms with E-state index in [2.05, 4.69) is 17.1 Å². The Hall–Kier alpha value is -2.64. The zero-order valence-corrected chi connectivity index (χ0v) is 18.7. The zero-order chi connectivity index (χ0) is 22.5. The maximum absolute atomic E-state index is 13.1. The van der Waals surface area contributed by atoms with Crippen LogP contribution in [0.3, 0.4) is 0 Å². The van der Waals surface area contributed by atoms with E-state index >= 15 is 0 Å². The molecule has 1 heterocycles. The Morgan fingerprint density at radius 1 is 1.13 bits per heavy atom. The minimum atomic E-state index is -0.252. The van der Waals surface area contributed by atoms with Crippen LogP contribution in [-0.4, -0.2) is 53.4 Å². The van der Waals surface area contributed by atoms with Crippen LogP contribution in [0.5, 0.6) is 5.75 Å². The van der Waals surface area contributed by atoms with Crippen molar-refractivity contribution in [3.63, 3.8) is 0 Å². The quantitative estimate of drug-likeness (QED) is 0.728. The smallest absolute Gasteiger partial charge is 0.260 e. The molecule has 0 bridgehead atoms. The van der Waals surface area contributed by atoms with Gasteiger partial charge in [0.2, 0.25) is 5.91 Å². The normalized spacial score (nSPS) is 19.2. The maximum Gasteiger partial charge on any atom is 0.260 e. The van der Waals surface area contributed by atoms with Crippen molar-refractivity contribution in [3.8, 4) is 5.75 Å². The molecule has 31 heavy (non-hydrogen) atoms. The van der Waals surface area contributed by atoms with E-state index in [1.165, 1.54) is 19.1 Å². The summed E-state index contributed by atoms with van der Waals surface area (Å²) in [7, 11) is 0. The highest BCUT2D eigenvalue weighted by Crippen LogP contribution is 2.28. The number of carbonyl (C=O) groups excluding carboxylic acids is 2. The summed E-state index contributed by atoms with van der Waals surface area (Å²) in [6.45, 7) is 7.33. The van der Waals surface area contributed by atoms with Gasteiger partial charge in [-0.2, -0.15) is 0 Å². The van der Waals surface area contributed by atoms with E-state index in [0.29, 0.717) is 36.1 Å². The van der Waals surface area contributed by atoms with Crippen LogP contribution < -0.4 is 10.1 Å². The van der Waals surface area contributed by atoms with E-state index < -0.39 is 0 Å². The Morgan fingerprint density at radius 3 is 2.52 bits per heavy atom. The monoisotopic (exact) mass is 447 g/mol. The number of nitrogens with zero attached hydrogens (tertiary/aromatic N) is 2. The maximum atomic E-state index is 13.1. The molecule has 1 aliphatic heterocycles. The summed E-state index contributed by atoms with van der Waals surface area (Å²) < 4.78 is 18.9.